The zero-order valence-corrected chi connectivity index (χ0v) is 12.1. The van der Waals surface area contributed by atoms with Gasteiger partial charge in [-0.15, -0.1) is 11.3 Å². The predicted octanol–water partition coefficient (Wildman–Crippen LogP) is 3.69. The van der Waals surface area contributed by atoms with Crippen LogP contribution in [0.5, 0.6) is 0 Å². The van der Waals surface area contributed by atoms with Crippen molar-refractivity contribution in [3.8, 4) is 0 Å². The molecule has 1 aromatic carbocycles. The third-order valence-electron chi connectivity index (χ3n) is 3.11. The summed E-state index contributed by atoms with van der Waals surface area (Å²) in [5.41, 5.74) is 0.995. The van der Waals surface area contributed by atoms with Crippen molar-refractivity contribution in [3.05, 3.63) is 58.3 Å². The quantitative estimate of drug-likeness (QED) is 0.833. The van der Waals surface area contributed by atoms with Crippen molar-refractivity contribution in [1.82, 2.24) is 4.90 Å². The predicted molar refractivity (Wildman–Crippen MR) is 81.3 cm³/mol. The molecule has 0 saturated carbocycles. The highest BCUT2D eigenvalue weighted by molar-refractivity contribution is 7.09. The van der Waals surface area contributed by atoms with E-state index in [2.05, 4.69) is 29.3 Å². The summed E-state index contributed by atoms with van der Waals surface area (Å²) in [6, 6.07) is 14.1. The average Bonchev–Trinajstić information content (AvgIpc) is 2.93. The van der Waals surface area contributed by atoms with E-state index in [1.165, 1.54) is 4.88 Å². The number of nitrogens with zero attached hydrogens (tertiary/aromatic N) is 1. The van der Waals surface area contributed by atoms with Gasteiger partial charge >= 0.3 is 0 Å². The second kappa shape index (κ2) is 7.43. The number of benzene rings is 1. The van der Waals surface area contributed by atoms with Crippen LogP contribution in [-0.2, 0) is 6.54 Å². The third-order valence-corrected chi connectivity index (χ3v) is 3.98. The number of hydrogen-bond donors (Lipinski definition) is 1. The van der Waals surface area contributed by atoms with Gasteiger partial charge in [0.1, 0.15) is 0 Å². The molecule has 0 aliphatic carbocycles. The molecule has 0 amide bonds. The number of rotatable bonds is 7. The van der Waals surface area contributed by atoms with Crippen molar-refractivity contribution in [2.75, 3.05) is 13.1 Å². The lowest BCUT2D eigenvalue weighted by atomic mass is 10.1. The molecule has 0 unspecified atom stereocenters. The van der Waals surface area contributed by atoms with Gasteiger partial charge in [0.25, 0.3) is 0 Å². The lowest BCUT2D eigenvalue weighted by Gasteiger charge is -2.24. The second-order valence-corrected chi connectivity index (χ2v) is 5.77. The Kier molecular flexibility index (Phi) is 5.58. The van der Waals surface area contributed by atoms with E-state index in [1.807, 2.05) is 30.3 Å². The molecule has 0 bridgehead atoms. The van der Waals surface area contributed by atoms with Crippen LogP contribution < -0.4 is 0 Å². The van der Waals surface area contributed by atoms with E-state index < -0.39 is 6.10 Å². The maximum absolute atomic E-state index is 10.3. The fraction of sp³-hybridized carbons (Fsp3) is 0.375. The molecular formula is C16H21NOS. The smallest absolute Gasteiger partial charge is 0.0917 e. The standard InChI is InChI=1S/C16H21NOS/c1-2-10-17(12-15-9-6-11-19-15)13-16(18)14-7-4-3-5-8-14/h3-9,11,16,18H,2,10,12-13H2,1H3/t16-/m0/s1. The summed E-state index contributed by atoms with van der Waals surface area (Å²) in [5, 5.41) is 12.4. The summed E-state index contributed by atoms with van der Waals surface area (Å²) >= 11 is 1.78. The van der Waals surface area contributed by atoms with Crippen molar-refractivity contribution in [1.29, 1.82) is 0 Å². The van der Waals surface area contributed by atoms with Gasteiger partial charge in [-0.05, 0) is 30.0 Å². The maximum atomic E-state index is 10.3. The van der Waals surface area contributed by atoms with Gasteiger partial charge in [-0.1, -0.05) is 43.3 Å². The van der Waals surface area contributed by atoms with Gasteiger partial charge in [-0.25, -0.2) is 0 Å². The maximum Gasteiger partial charge on any atom is 0.0917 e. The van der Waals surface area contributed by atoms with Crippen LogP contribution in [0.25, 0.3) is 0 Å². The van der Waals surface area contributed by atoms with Gasteiger partial charge in [0.2, 0.25) is 0 Å². The average molecular weight is 275 g/mol. The van der Waals surface area contributed by atoms with E-state index in [1.54, 1.807) is 11.3 Å². The van der Waals surface area contributed by atoms with Gasteiger partial charge in [-0.3, -0.25) is 4.90 Å². The third kappa shape index (κ3) is 4.46. The number of hydrogen-bond acceptors (Lipinski definition) is 3. The van der Waals surface area contributed by atoms with E-state index in [-0.39, 0.29) is 0 Å². The van der Waals surface area contributed by atoms with Crippen LogP contribution in [0.3, 0.4) is 0 Å². The molecule has 0 aliphatic rings. The Morgan fingerprint density at radius 1 is 1.16 bits per heavy atom. The molecule has 1 N–H and O–H groups in total. The molecule has 1 heterocycles. The number of thiophene rings is 1. The van der Waals surface area contributed by atoms with E-state index in [9.17, 15) is 5.11 Å². The van der Waals surface area contributed by atoms with Crippen LogP contribution >= 0.6 is 11.3 Å². The van der Waals surface area contributed by atoms with Crippen molar-refractivity contribution in [2.24, 2.45) is 0 Å². The molecule has 0 spiro atoms. The summed E-state index contributed by atoms with van der Waals surface area (Å²) in [7, 11) is 0. The van der Waals surface area contributed by atoms with Crippen molar-refractivity contribution >= 4 is 11.3 Å². The molecule has 0 saturated heterocycles. The Morgan fingerprint density at radius 3 is 2.58 bits per heavy atom. The van der Waals surface area contributed by atoms with E-state index in [0.717, 1.165) is 25.1 Å². The Morgan fingerprint density at radius 2 is 1.95 bits per heavy atom. The Balaban J connectivity index is 1.96. The van der Waals surface area contributed by atoms with E-state index >= 15 is 0 Å². The minimum absolute atomic E-state index is 0.410. The molecule has 102 valence electrons. The Bertz CT molecular complexity index is 455. The van der Waals surface area contributed by atoms with Crippen LogP contribution in [0.4, 0.5) is 0 Å². The molecule has 0 radical (unpaired) electrons. The van der Waals surface area contributed by atoms with Gasteiger partial charge in [0.05, 0.1) is 6.10 Å². The number of aliphatic hydroxyl groups excluding tert-OH is 1. The summed E-state index contributed by atoms with van der Waals surface area (Å²) in [6.45, 7) is 4.81. The van der Waals surface area contributed by atoms with Gasteiger partial charge in [0.15, 0.2) is 0 Å². The van der Waals surface area contributed by atoms with Crippen LogP contribution in [0.2, 0.25) is 0 Å². The lowest BCUT2D eigenvalue weighted by Crippen LogP contribution is -2.28. The first-order valence-corrected chi connectivity index (χ1v) is 7.65. The van der Waals surface area contributed by atoms with E-state index in [4.69, 9.17) is 0 Å². The van der Waals surface area contributed by atoms with Crippen LogP contribution in [0, 0.1) is 0 Å². The van der Waals surface area contributed by atoms with Crippen molar-refractivity contribution in [3.63, 3.8) is 0 Å². The molecule has 1 atom stereocenters. The topological polar surface area (TPSA) is 23.5 Å². The van der Waals surface area contributed by atoms with E-state index in [0.29, 0.717) is 6.54 Å². The molecule has 2 nitrogen and oxygen atoms in total. The monoisotopic (exact) mass is 275 g/mol. The van der Waals surface area contributed by atoms with Crippen LogP contribution in [-0.4, -0.2) is 23.1 Å². The lowest BCUT2D eigenvalue weighted by molar-refractivity contribution is 0.109. The van der Waals surface area contributed by atoms with Gasteiger partial charge < -0.3 is 5.11 Å². The van der Waals surface area contributed by atoms with Gasteiger partial charge in [0, 0.05) is 18.0 Å². The molecule has 0 fully saturated rings. The molecule has 1 aromatic heterocycles. The Labute approximate surface area is 119 Å². The zero-order valence-electron chi connectivity index (χ0n) is 11.3. The summed E-state index contributed by atoms with van der Waals surface area (Å²) in [5.74, 6) is 0. The second-order valence-electron chi connectivity index (χ2n) is 4.74. The molecule has 2 rings (SSSR count). The van der Waals surface area contributed by atoms with Gasteiger partial charge in [-0.2, -0.15) is 0 Å². The SMILES string of the molecule is CCCN(Cc1cccs1)C[C@H](O)c1ccccc1. The molecule has 19 heavy (non-hydrogen) atoms. The molecular weight excluding hydrogens is 254 g/mol. The minimum Gasteiger partial charge on any atom is -0.387 e. The van der Waals surface area contributed by atoms with Crippen LogP contribution in [0.15, 0.2) is 47.8 Å². The first kappa shape index (κ1) is 14.3. The van der Waals surface area contributed by atoms with Crippen LogP contribution in [0.1, 0.15) is 29.9 Å². The summed E-state index contributed by atoms with van der Waals surface area (Å²) in [6.07, 6.45) is 0.695. The van der Waals surface area contributed by atoms with Crippen molar-refractivity contribution < 1.29 is 5.11 Å². The highest BCUT2D eigenvalue weighted by atomic mass is 32.1. The normalized spacial score (nSPS) is 12.8. The highest BCUT2D eigenvalue weighted by Gasteiger charge is 2.13. The zero-order chi connectivity index (χ0) is 13.5. The first-order chi connectivity index (χ1) is 9.29. The van der Waals surface area contributed by atoms with Crippen molar-refractivity contribution in [2.45, 2.75) is 26.0 Å². The highest BCUT2D eigenvalue weighted by Crippen LogP contribution is 2.17. The Hall–Kier alpha value is -1.16. The molecule has 2 aromatic rings. The molecule has 0 aliphatic heterocycles. The fourth-order valence-electron chi connectivity index (χ4n) is 2.20. The number of aliphatic hydroxyl groups is 1. The largest absolute Gasteiger partial charge is 0.387 e. The molecule has 3 heteroatoms. The summed E-state index contributed by atoms with van der Waals surface area (Å²) < 4.78 is 0. The minimum atomic E-state index is -0.410. The first-order valence-electron chi connectivity index (χ1n) is 6.77. The fourth-order valence-corrected chi connectivity index (χ4v) is 2.95. The summed E-state index contributed by atoms with van der Waals surface area (Å²) in [4.78, 5) is 3.68.